The topological polar surface area (TPSA) is 128 Å². The van der Waals surface area contributed by atoms with Gasteiger partial charge in [-0.1, -0.05) is 6.08 Å². The van der Waals surface area contributed by atoms with Crippen LogP contribution in [0, 0.1) is 0 Å². The van der Waals surface area contributed by atoms with Crippen LogP contribution in [0.4, 0.5) is 0 Å². The van der Waals surface area contributed by atoms with E-state index >= 15 is 0 Å². The number of ether oxygens (including phenoxy) is 12. The number of esters is 1. The number of carbonyl (C=O) groups is 1. The minimum absolute atomic E-state index is 0.0820. The van der Waals surface area contributed by atoms with Crippen molar-refractivity contribution in [1.29, 1.82) is 0 Å². The van der Waals surface area contributed by atoms with E-state index in [2.05, 4.69) is 6.58 Å². The van der Waals surface area contributed by atoms with E-state index in [-0.39, 0.29) is 12.6 Å². The van der Waals surface area contributed by atoms with E-state index in [1.54, 1.807) is 6.08 Å². The first-order chi connectivity index (χ1) is 20.5. The summed E-state index contributed by atoms with van der Waals surface area (Å²) in [6.07, 6.45) is 1.71. The lowest BCUT2D eigenvalue weighted by atomic mass is 10.2. The lowest BCUT2D eigenvalue weighted by Gasteiger charge is -2.19. The molecule has 0 aromatic carbocycles. The SMILES string of the molecule is C=CCOCCOCCOCCOCCOCCOCCOCCOCCOCCOCCOCC(=O)OC(C)(C)C. The maximum Gasteiger partial charge on any atom is 0.332 e. The molecule has 0 rings (SSSR count). The van der Waals surface area contributed by atoms with Crippen LogP contribution in [-0.2, 0) is 61.6 Å². The Morgan fingerprint density at radius 2 is 0.690 bits per heavy atom. The van der Waals surface area contributed by atoms with Crippen molar-refractivity contribution >= 4 is 5.97 Å². The second-order valence-corrected chi connectivity index (χ2v) is 9.51. The Morgan fingerprint density at radius 1 is 0.452 bits per heavy atom. The van der Waals surface area contributed by atoms with Crippen molar-refractivity contribution in [1.82, 2.24) is 0 Å². The van der Waals surface area contributed by atoms with E-state index in [0.717, 1.165) is 0 Å². The zero-order valence-corrected chi connectivity index (χ0v) is 26.1. The molecule has 0 aromatic rings. The van der Waals surface area contributed by atoms with Crippen molar-refractivity contribution in [3.8, 4) is 0 Å². The van der Waals surface area contributed by atoms with Crippen molar-refractivity contribution in [2.45, 2.75) is 26.4 Å². The summed E-state index contributed by atoms with van der Waals surface area (Å²) in [5.41, 5.74) is -0.509. The molecular weight excluding hydrogens is 556 g/mol. The molecule has 0 saturated carbocycles. The van der Waals surface area contributed by atoms with Gasteiger partial charge in [0, 0.05) is 0 Å². The van der Waals surface area contributed by atoms with Crippen LogP contribution >= 0.6 is 0 Å². The molecular formula is C29H56O13. The summed E-state index contributed by atoms with van der Waals surface area (Å²) in [5, 5.41) is 0. The fourth-order valence-electron chi connectivity index (χ4n) is 2.79. The zero-order chi connectivity index (χ0) is 30.8. The van der Waals surface area contributed by atoms with Gasteiger partial charge in [-0.25, -0.2) is 4.79 Å². The van der Waals surface area contributed by atoms with Crippen molar-refractivity contribution in [2.24, 2.45) is 0 Å². The maximum absolute atomic E-state index is 11.5. The number of rotatable bonds is 34. The van der Waals surface area contributed by atoms with Gasteiger partial charge in [0.1, 0.15) is 12.2 Å². The summed E-state index contributed by atoms with van der Waals surface area (Å²) in [7, 11) is 0. The summed E-state index contributed by atoms with van der Waals surface area (Å²) >= 11 is 0. The van der Waals surface area contributed by atoms with Crippen molar-refractivity contribution in [2.75, 3.05) is 145 Å². The zero-order valence-electron chi connectivity index (χ0n) is 26.1. The minimum Gasteiger partial charge on any atom is -0.458 e. The van der Waals surface area contributed by atoms with E-state index in [1.807, 2.05) is 20.8 Å². The molecule has 0 amide bonds. The van der Waals surface area contributed by atoms with Crippen LogP contribution in [0.3, 0.4) is 0 Å². The van der Waals surface area contributed by atoms with Crippen LogP contribution in [0.25, 0.3) is 0 Å². The van der Waals surface area contributed by atoms with Crippen LogP contribution in [0.1, 0.15) is 20.8 Å². The van der Waals surface area contributed by atoms with Gasteiger partial charge in [0.2, 0.25) is 0 Å². The molecule has 0 spiro atoms. The summed E-state index contributed by atoms with van der Waals surface area (Å²) in [4.78, 5) is 11.5. The standard InChI is InChI=1S/C29H56O13/c1-5-6-31-7-8-32-9-10-33-11-12-34-13-14-35-15-16-36-17-18-37-19-20-38-21-22-39-23-24-40-25-26-41-27-28(30)42-29(2,3)4/h5H,1,6-27H2,2-4H3. The van der Waals surface area contributed by atoms with E-state index in [0.29, 0.717) is 139 Å². The van der Waals surface area contributed by atoms with Crippen LogP contribution < -0.4 is 0 Å². The van der Waals surface area contributed by atoms with Crippen molar-refractivity contribution < 1.29 is 61.6 Å². The molecule has 42 heavy (non-hydrogen) atoms. The Labute approximate surface area is 252 Å². The van der Waals surface area contributed by atoms with Gasteiger partial charge in [0.05, 0.1) is 139 Å². The Kier molecular flexibility index (Phi) is 31.7. The molecule has 0 atom stereocenters. The van der Waals surface area contributed by atoms with Crippen molar-refractivity contribution in [3.63, 3.8) is 0 Å². The number of hydrogen-bond donors (Lipinski definition) is 0. The summed E-state index contributed by atoms with van der Waals surface area (Å²) < 4.78 is 64.4. The third-order valence-electron chi connectivity index (χ3n) is 4.60. The Bertz CT molecular complexity index is 572. The molecule has 13 nitrogen and oxygen atoms in total. The second kappa shape index (κ2) is 32.7. The maximum atomic E-state index is 11.5. The molecule has 0 bridgehead atoms. The quantitative estimate of drug-likeness (QED) is 0.0595. The summed E-state index contributed by atoms with van der Waals surface area (Å²) in [6.45, 7) is 19.2. The smallest absolute Gasteiger partial charge is 0.332 e. The minimum atomic E-state index is -0.509. The lowest BCUT2D eigenvalue weighted by Crippen LogP contribution is -2.27. The van der Waals surface area contributed by atoms with Gasteiger partial charge in [-0.3, -0.25) is 0 Å². The highest BCUT2D eigenvalue weighted by molar-refractivity contribution is 5.71. The lowest BCUT2D eigenvalue weighted by molar-refractivity contribution is -0.160. The number of carbonyl (C=O) groups excluding carboxylic acids is 1. The third-order valence-corrected chi connectivity index (χ3v) is 4.60. The first-order valence-corrected chi connectivity index (χ1v) is 14.6. The Morgan fingerprint density at radius 3 is 0.929 bits per heavy atom. The van der Waals surface area contributed by atoms with Crippen LogP contribution in [0.15, 0.2) is 12.7 Å². The molecule has 0 aliphatic carbocycles. The van der Waals surface area contributed by atoms with Gasteiger partial charge in [-0.05, 0) is 20.8 Å². The summed E-state index contributed by atoms with van der Waals surface area (Å²) in [6, 6.07) is 0. The molecule has 0 unspecified atom stereocenters. The Balaban J connectivity index is 3.09. The molecule has 0 fully saturated rings. The average molecular weight is 613 g/mol. The highest BCUT2D eigenvalue weighted by Crippen LogP contribution is 2.06. The Hall–Kier alpha value is -1.23. The van der Waals surface area contributed by atoms with Crippen LogP contribution in [0.2, 0.25) is 0 Å². The van der Waals surface area contributed by atoms with E-state index < -0.39 is 5.60 Å². The molecule has 0 aromatic heterocycles. The van der Waals surface area contributed by atoms with Crippen molar-refractivity contribution in [3.05, 3.63) is 12.7 Å². The predicted octanol–water partition coefficient (Wildman–Crippen LogP) is 1.70. The molecule has 0 saturated heterocycles. The molecule has 250 valence electrons. The van der Waals surface area contributed by atoms with Crippen LogP contribution in [0.5, 0.6) is 0 Å². The summed E-state index contributed by atoms with van der Waals surface area (Å²) in [5.74, 6) is -0.386. The number of hydrogen-bond acceptors (Lipinski definition) is 13. The van der Waals surface area contributed by atoms with E-state index in [1.165, 1.54) is 0 Å². The largest absolute Gasteiger partial charge is 0.458 e. The first-order valence-electron chi connectivity index (χ1n) is 14.6. The molecule has 0 radical (unpaired) electrons. The van der Waals surface area contributed by atoms with Crippen LogP contribution in [-0.4, -0.2) is 157 Å². The predicted molar refractivity (Wildman–Crippen MR) is 155 cm³/mol. The normalized spacial score (nSPS) is 11.7. The van der Waals surface area contributed by atoms with E-state index in [9.17, 15) is 4.79 Å². The fraction of sp³-hybridized carbons (Fsp3) is 0.897. The van der Waals surface area contributed by atoms with E-state index in [4.69, 9.17) is 56.8 Å². The highest BCUT2D eigenvalue weighted by atomic mass is 16.6. The molecule has 0 heterocycles. The first kappa shape index (κ1) is 40.8. The van der Waals surface area contributed by atoms with Gasteiger partial charge in [0.15, 0.2) is 0 Å². The third kappa shape index (κ3) is 36.8. The molecule has 0 N–H and O–H groups in total. The average Bonchev–Trinajstić information content (AvgIpc) is 2.94. The fourth-order valence-corrected chi connectivity index (χ4v) is 2.79. The van der Waals surface area contributed by atoms with Gasteiger partial charge >= 0.3 is 5.97 Å². The van der Waals surface area contributed by atoms with Gasteiger partial charge in [-0.15, -0.1) is 6.58 Å². The molecule has 0 aliphatic rings. The monoisotopic (exact) mass is 612 g/mol. The highest BCUT2D eigenvalue weighted by Gasteiger charge is 2.15. The molecule has 0 aliphatic heterocycles. The second-order valence-electron chi connectivity index (χ2n) is 9.51. The molecule has 13 heteroatoms. The van der Waals surface area contributed by atoms with Gasteiger partial charge in [-0.2, -0.15) is 0 Å². The van der Waals surface area contributed by atoms with Gasteiger partial charge < -0.3 is 56.8 Å². The van der Waals surface area contributed by atoms with Gasteiger partial charge in [0.25, 0.3) is 0 Å².